The maximum absolute atomic E-state index is 5.99. The lowest BCUT2D eigenvalue weighted by Crippen LogP contribution is -2.41. The molecule has 3 heterocycles. The fourth-order valence-electron chi connectivity index (χ4n) is 2.63. The third kappa shape index (κ3) is 3.67. The molecule has 1 aromatic heterocycles. The highest BCUT2D eigenvalue weighted by Gasteiger charge is 2.51. The molecular weight excluding hydrogens is 295 g/mol. The van der Waals surface area contributed by atoms with Crippen LogP contribution in [-0.4, -0.2) is 48.1 Å². The molecule has 2 aliphatic rings. The molecule has 1 aromatic rings. The monoisotopic (exact) mass is 320 g/mol. The summed E-state index contributed by atoms with van der Waals surface area (Å²) in [5.41, 5.74) is 0.0683. The van der Waals surface area contributed by atoms with Gasteiger partial charge in [0.15, 0.2) is 0 Å². The van der Waals surface area contributed by atoms with Crippen LogP contribution in [0.25, 0.3) is 0 Å². The van der Waals surface area contributed by atoms with Gasteiger partial charge in [-0.3, -0.25) is 0 Å². The van der Waals surface area contributed by atoms with Gasteiger partial charge in [0.1, 0.15) is 0 Å². The minimum absolute atomic E-state index is 0.367. The minimum atomic E-state index is -0.444. The number of ether oxygens (including phenoxy) is 2. The molecule has 0 unspecified atom stereocenters. The van der Waals surface area contributed by atoms with Crippen molar-refractivity contribution in [3.8, 4) is 6.01 Å². The Kier molecular flexibility index (Phi) is 4.62. The maximum atomic E-state index is 5.99. The molecule has 0 N–H and O–H groups in total. The molecule has 6 nitrogen and oxygen atoms in total. The van der Waals surface area contributed by atoms with Gasteiger partial charge >= 0.3 is 13.1 Å². The molecule has 0 saturated carbocycles. The molecular formula is C16H25BN2O4. The molecule has 126 valence electrons. The van der Waals surface area contributed by atoms with Crippen LogP contribution in [-0.2, 0) is 14.0 Å². The van der Waals surface area contributed by atoms with Crippen LogP contribution in [0.2, 0.25) is 0 Å². The summed E-state index contributed by atoms with van der Waals surface area (Å²) in [4.78, 5) is 8.54. The van der Waals surface area contributed by atoms with Crippen LogP contribution in [0.4, 0.5) is 0 Å². The van der Waals surface area contributed by atoms with Gasteiger partial charge in [0.2, 0.25) is 0 Å². The van der Waals surface area contributed by atoms with E-state index in [0.717, 1.165) is 31.5 Å². The van der Waals surface area contributed by atoms with Crippen molar-refractivity contribution in [3.63, 3.8) is 0 Å². The Hall–Kier alpha value is -1.18. The molecule has 7 heteroatoms. The molecule has 2 aliphatic heterocycles. The fourth-order valence-corrected chi connectivity index (χ4v) is 2.63. The summed E-state index contributed by atoms with van der Waals surface area (Å²) in [6, 6.07) is 0.385. The number of hydrogen-bond donors (Lipinski definition) is 0. The first-order valence-corrected chi connectivity index (χ1v) is 8.25. The summed E-state index contributed by atoms with van der Waals surface area (Å²) in [6.07, 6.45) is 5.64. The maximum Gasteiger partial charge on any atom is 0.498 e. The standard InChI is InChI=1S/C16H25BN2O4/c1-15(2)16(3,4)23-17(22-15)13-8-18-14(19-9-13)21-11-12-6-5-7-20-10-12/h8-9,12H,5-7,10-11H2,1-4H3/t12-/m0/s1. The summed E-state index contributed by atoms with van der Waals surface area (Å²) < 4.78 is 23.1. The van der Waals surface area contributed by atoms with Crippen LogP contribution in [0.5, 0.6) is 6.01 Å². The highest BCUT2D eigenvalue weighted by atomic mass is 16.7. The number of aromatic nitrogens is 2. The first kappa shape index (κ1) is 16.7. The molecule has 23 heavy (non-hydrogen) atoms. The zero-order valence-corrected chi connectivity index (χ0v) is 14.4. The minimum Gasteiger partial charge on any atom is -0.463 e. The molecule has 0 radical (unpaired) electrons. The van der Waals surface area contributed by atoms with Crippen molar-refractivity contribution in [2.45, 2.75) is 51.7 Å². The third-order valence-electron chi connectivity index (χ3n) is 4.88. The van der Waals surface area contributed by atoms with E-state index in [2.05, 4.69) is 9.97 Å². The van der Waals surface area contributed by atoms with Gasteiger partial charge in [-0.25, -0.2) is 9.97 Å². The van der Waals surface area contributed by atoms with Gasteiger partial charge in [-0.1, -0.05) is 0 Å². The van der Waals surface area contributed by atoms with Crippen molar-refractivity contribution in [3.05, 3.63) is 12.4 Å². The number of rotatable bonds is 4. The Bertz CT molecular complexity index is 513. The SMILES string of the molecule is CC1(C)OB(c2cnc(OC[C@H]3CCCOC3)nc2)OC1(C)C. The van der Waals surface area contributed by atoms with Gasteiger partial charge in [-0.15, -0.1) is 0 Å². The normalized spacial score (nSPS) is 26.3. The van der Waals surface area contributed by atoms with Gasteiger partial charge in [0.05, 0.1) is 24.4 Å². The van der Waals surface area contributed by atoms with Crippen LogP contribution < -0.4 is 10.2 Å². The number of nitrogens with zero attached hydrogens (tertiary/aromatic N) is 2. The molecule has 0 spiro atoms. The predicted octanol–water partition coefficient (Wildman–Crippen LogP) is 1.58. The quantitative estimate of drug-likeness (QED) is 0.785. The van der Waals surface area contributed by atoms with E-state index in [1.54, 1.807) is 12.4 Å². The van der Waals surface area contributed by atoms with Crippen LogP contribution >= 0.6 is 0 Å². The summed E-state index contributed by atoms with van der Waals surface area (Å²) in [6.45, 7) is 10.3. The van der Waals surface area contributed by atoms with Crippen LogP contribution in [0.1, 0.15) is 40.5 Å². The van der Waals surface area contributed by atoms with Crippen molar-refractivity contribution in [1.29, 1.82) is 0 Å². The fraction of sp³-hybridized carbons (Fsp3) is 0.750. The zero-order chi connectivity index (χ0) is 16.5. The largest absolute Gasteiger partial charge is 0.498 e. The Balaban J connectivity index is 1.57. The van der Waals surface area contributed by atoms with Crippen LogP contribution in [0.3, 0.4) is 0 Å². The molecule has 0 aromatic carbocycles. The molecule has 0 aliphatic carbocycles. The van der Waals surface area contributed by atoms with Gasteiger partial charge in [-0.2, -0.15) is 0 Å². The molecule has 0 bridgehead atoms. The van der Waals surface area contributed by atoms with Crippen LogP contribution in [0, 0.1) is 5.92 Å². The second-order valence-electron chi connectivity index (χ2n) is 7.28. The van der Waals surface area contributed by atoms with E-state index >= 15 is 0 Å². The number of hydrogen-bond acceptors (Lipinski definition) is 6. The van der Waals surface area contributed by atoms with E-state index in [4.69, 9.17) is 18.8 Å². The van der Waals surface area contributed by atoms with Crippen molar-refractivity contribution in [2.75, 3.05) is 19.8 Å². The second-order valence-corrected chi connectivity index (χ2v) is 7.28. The highest BCUT2D eigenvalue weighted by molar-refractivity contribution is 6.61. The Labute approximate surface area is 138 Å². The van der Waals surface area contributed by atoms with Gasteiger partial charge < -0.3 is 18.8 Å². The van der Waals surface area contributed by atoms with Gasteiger partial charge in [0, 0.05) is 30.4 Å². The molecule has 3 rings (SSSR count). The smallest absolute Gasteiger partial charge is 0.463 e. The molecule has 2 fully saturated rings. The average Bonchev–Trinajstić information content (AvgIpc) is 2.75. The predicted molar refractivity (Wildman–Crippen MR) is 86.8 cm³/mol. The molecule has 0 amide bonds. The van der Waals surface area contributed by atoms with Crippen molar-refractivity contribution < 1.29 is 18.8 Å². The van der Waals surface area contributed by atoms with Gasteiger partial charge in [0.25, 0.3) is 0 Å². The van der Waals surface area contributed by atoms with E-state index in [0.29, 0.717) is 18.5 Å². The lowest BCUT2D eigenvalue weighted by molar-refractivity contribution is 0.00578. The van der Waals surface area contributed by atoms with E-state index in [9.17, 15) is 0 Å². The van der Waals surface area contributed by atoms with Crippen molar-refractivity contribution >= 4 is 12.6 Å². The van der Waals surface area contributed by atoms with E-state index in [1.165, 1.54) is 0 Å². The average molecular weight is 320 g/mol. The summed E-state index contributed by atoms with van der Waals surface area (Å²) in [5, 5.41) is 0. The lowest BCUT2D eigenvalue weighted by Gasteiger charge is -2.32. The first-order valence-electron chi connectivity index (χ1n) is 8.25. The topological polar surface area (TPSA) is 62.7 Å². The Morgan fingerprint density at radius 1 is 1.17 bits per heavy atom. The van der Waals surface area contributed by atoms with Crippen molar-refractivity contribution in [2.24, 2.45) is 5.92 Å². The Morgan fingerprint density at radius 3 is 2.39 bits per heavy atom. The second kappa shape index (κ2) is 6.38. The third-order valence-corrected chi connectivity index (χ3v) is 4.88. The highest BCUT2D eigenvalue weighted by Crippen LogP contribution is 2.36. The van der Waals surface area contributed by atoms with Crippen molar-refractivity contribution in [1.82, 2.24) is 9.97 Å². The van der Waals surface area contributed by atoms with E-state index in [-0.39, 0.29) is 11.2 Å². The molecule has 1 atom stereocenters. The Morgan fingerprint density at radius 2 is 1.83 bits per heavy atom. The van der Waals surface area contributed by atoms with Gasteiger partial charge in [-0.05, 0) is 40.5 Å². The lowest BCUT2D eigenvalue weighted by atomic mass is 9.81. The summed E-state index contributed by atoms with van der Waals surface area (Å²) in [5.74, 6) is 0.426. The summed E-state index contributed by atoms with van der Waals surface area (Å²) in [7, 11) is -0.444. The van der Waals surface area contributed by atoms with Crippen LogP contribution in [0.15, 0.2) is 12.4 Å². The molecule has 2 saturated heterocycles. The zero-order valence-electron chi connectivity index (χ0n) is 14.4. The first-order chi connectivity index (χ1) is 10.9. The summed E-state index contributed by atoms with van der Waals surface area (Å²) >= 11 is 0. The van der Waals surface area contributed by atoms with E-state index < -0.39 is 7.12 Å². The van der Waals surface area contributed by atoms with E-state index in [1.807, 2.05) is 27.7 Å².